The van der Waals surface area contributed by atoms with E-state index in [-0.39, 0.29) is 42.6 Å². The molecule has 6 heteroatoms. The molecule has 1 aliphatic rings. The van der Waals surface area contributed by atoms with Gasteiger partial charge in [0.2, 0.25) is 5.91 Å². The van der Waals surface area contributed by atoms with Crippen molar-refractivity contribution in [3.63, 3.8) is 0 Å². The fourth-order valence-corrected chi connectivity index (χ4v) is 3.78. The Labute approximate surface area is 115 Å². The van der Waals surface area contributed by atoms with Crippen molar-refractivity contribution in [2.75, 3.05) is 24.6 Å². The maximum absolute atomic E-state index is 12.1. The van der Waals surface area contributed by atoms with Crippen LogP contribution in [0.1, 0.15) is 26.7 Å². The molecule has 0 aromatic carbocycles. The number of nitrogens with zero attached hydrogens (tertiary/aromatic N) is 1. The second-order valence-electron chi connectivity index (χ2n) is 4.97. The number of rotatable bonds is 6. The normalized spacial score (nSPS) is 22.7. The van der Waals surface area contributed by atoms with Gasteiger partial charge in [0.1, 0.15) is 0 Å². The standard InChI is InChI=1S/C13H22N2O3S/c1-4-7-15(12-6-8-19(17,18)10-12)13(16)9-14-11(3)5-2/h1,11-12,14H,5-10H2,2-3H3. The zero-order chi connectivity index (χ0) is 14.5. The molecule has 0 radical (unpaired) electrons. The molecule has 1 amide bonds. The van der Waals surface area contributed by atoms with Crippen molar-refractivity contribution in [2.24, 2.45) is 0 Å². The Bertz CT molecular complexity index is 453. The largest absolute Gasteiger partial charge is 0.326 e. The Kier molecular flexibility index (Phi) is 5.83. The molecule has 1 rings (SSSR count). The van der Waals surface area contributed by atoms with Gasteiger partial charge in [-0.25, -0.2) is 8.42 Å². The third-order valence-electron chi connectivity index (χ3n) is 3.45. The van der Waals surface area contributed by atoms with E-state index >= 15 is 0 Å². The van der Waals surface area contributed by atoms with Crippen LogP contribution in [-0.2, 0) is 14.6 Å². The highest BCUT2D eigenvalue weighted by molar-refractivity contribution is 7.91. The first-order valence-corrected chi connectivity index (χ1v) is 8.38. The quantitative estimate of drug-likeness (QED) is 0.699. The average Bonchev–Trinajstić information content (AvgIpc) is 2.72. The minimum atomic E-state index is -3.01. The lowest BCUT2D eigenvalue weighted by Gasteiger charge is -2.27. The van der Waals surface area contributed by atoms with Crippen molar-refractivity contribution in [2.45, 2.75) is 38.8 Å². The van der Waals surface area contributed by atoms with Gasteiger partial charge in [0, 0.05) is 12.1 Å². The zero-order valence-corrected chi connectivity index (χ0v) is 12.4. The van der Waals surface area contributed by atoms with Gasteiger partial charge in [-0.3, -0.25) is 4.79 Å². The summed E-state index contributed by atoms with van der Waals surface area (Å²) in [6, 6.07) is -0.0174. The molecule has 1 saturated heterocycles. The van der Waals surface area contributed by atoms with Gasteiger partial charge in [-0.1, -0.05) is 12.8 Å². The average molecular weight is 286 g/mol. The van der Waals surface area contributed by atoms with Crippen LogP contribution in [-0.4, -0.2) is 55.9 Å². The Morgan fingerprint density at radius 3 is 2.74 bits per heavy atom. The zero-order valence-electron chi connectivity index (χ0n) is 11.6. The molecular formula is C13H22N2O3S. The van der Waals surface area contributed by atoms with Crippen LogP contribution < -0.4 is 5.32 Å². The summed E-state index contributed by atoms with van der Waals surface area (Å²) in [6.45, 7) is 4.40. The van der Waals surface area contributed by atoms with E-state index in [4.69, 9.17) is 6.42 Å². The number of hydrogen-bond acceptors (Lipinski definition) is 4. The van der Waals surface area contributed by atoms with Crippen LogP contribution in [0.25, 0.3) is 0 Å². The number of sulfone groups is 1. The molecule has 5 nitrogen and oxygen atoms in total. The summed E-state index contributed by atoms with van der Waals surface area (Å²) < 4.78 is 23.0. The van der Waals surface area contributed by atoms with Crippen LogP contribution in [0.4, 0.5) is 0 Å². The predicted molar refractivity (Wildman–Crippen MR) is 75.4 cm³/mol. The van der Waals surface area contributed by atoms with Crippen molar-refractivity contribution in [1.29, 1.82) is 0 Å². The molecule has 0 saturated carbocycles. The third-order valence-corrected chi connectivity index (χ3v) is 5.20. The molecule has 19 heavy (non-hydrogen) atoms. The summed E-state index contributed by atoms with van der Waals surface area (Å²) in [5.74, 6) is 2.49. The first-order valence-electron chi connectivity index (χ1n) is 6.56. The van der Waals surface area contributed by atoms with Gasteiger partial charge in [0.15, 0.2) is 9.84 Å². The Balaban J connectivity index is 2.62. The van der Waals surface area contributed by atoms with Gasteiger partial charge in [-0.15, -0.1) is 6.42 Å². The first-order chi connectivity index (χ1) is 8.89. The van der Waals surface area contributed by atoms with E-state index in [0.717, 1.165) is 6.42 Å². The summed E-state index contributed by atoms with van der Waals surface area (Å²) in [4.78, 5) is 13.6. The molecule has 0 aromatic rings. The Morgan fingerprint density at radius 2 is 2.26 bits per heavy atom. The van der Waals surface area contributed by atoms with Crippen LogP contribution in [0.3, 0.4) is 0 Å². The summed E-state index contributed by atoms with van der Waals surface area (Å²) in [5, 5.41) is 3.11. The monoisotopic (exact) mass is 286 g/mol. The predicted octanol–water partition coefficient (Wildman–Crippen LogP) is 0.0234. The SMILES string of the molecule is C#CCN(C(=O)CNC(C)CC)C1CCS(=O)(=O)C1. The molecule has 1 N–H and O–H groups in total. The Hall–Kier alpha value is -1.06. The molecule has 0 spiro atoms. The van der Waals surface area contributed by atoms with Crippen LogP contribution in [0, 0.1) is 12.3 Å². The molecule has 0 aromatic heterocycles. The fourth-order valence-electron chi connectivity index (χ4n) is 2.05. The highest BCUT2D eigenvalue weighted by atomic mass is 32.2. The molecule has 1 aliphatic heterocycles. The van der Waals surface area contributed by atoms with Gasteiger partial charge in [-0.05, 0) is 19.8 Å². The number of amides is 1. The van der Waals surface area contributed by atoms with Crippen molar-refractivity contribution >= 4 is 15.7 Å². The van der Waals surface area contributed by atoms with Crippen LogP contribution >= 0.6 is 0 Å². The summed E-state index contributed by atoms with van der Waals surface area (Å²) in [6.07, 6.45) is 6.69. The van der Waals surface area contributed by atoms with E-state index in [1.54, 1.807) is 0 Å². The summed E-state index contributed by atoms with van der Waals surface area (Å²) >= 11 is 0. The number of terminal acetylenes is 1. The number of hydrogen-bond donors (Lipinski definition) is 1. The minimum absolute atomic E-state index is 0.0315. The lowest BCUT2D eigenvalue weighted by Crippen LogP contribution is -2.46. The number of carbonyl (C=O) groups is 1. The molecule has 108 valence electrons. The molecule has 0 bridgehead atoms. The van der Waals surface area contributed by atoms with Gasteiger partial charge < -0.3 is 10.2 Å². The van der Waals surface area contributed by atoms with Crippen molar-refractivity contribution in [3.05, 3.63) is 0 Å². The van der Waals surface area contributed by atoms with Crippen LogP contribution in [0.15, 0.2) is 0 Å². The first kappa shape index (κ1) is 16.0. The van der Waals surface area contributed by atoms with Gasteiger partial charge in [0.05, 0.1) is 24.6 Å². The maximum Gasteiger partial charge on any atom is 0.237 e. The second-order valence-corrected chi connectivity index (χ2v) is 7.20. The highest BCUT2D eigenvalue weighted by Crippen LogP contribution is 2.17. The van der Waals surface area contributed by atoms with Crippen LogP contribution in [0.5, 0.6) is 0 Å². The van der Waals surface area contributed by atoms with E-state index in [1.807, 2.05) is 13.8 Å². The second kappa shape index (κ2) is 6.92. The van der Waals surface area contributed by atoms with Crippen LogP contribution in [0.2, 0.25) is 0 Å². The minimum Gasteiger partial charge on any atom is -0.326 e. The highest BCUT2D eigenvalue weighted by Gasteiger charge is 2.34. The van der Waals surface area contributed by atoms with Crippen molar-refractivity contribution in [1.82, 2.24) is 10.2 Å². The lowest BCUT2D eigenvalue weighted by atomic mass is 10.2. The van der Waals surface area contributed by atoms with Gasteiger partial charge in [-0.2, -0.15) is 0 Å². The van der Waals surface area contributed by atoms with Gasteiger partial charge >= 0.3 is 0 Å². The summed E-state index contributed by atoms with van der Waals surface area (Å²) in [5.41, 5.74) is 0. The molecule has 0 aliphatic carbocycles. The smallest absolute Gasteiger partial charge is 0.237 e. The van der Waals surface area contributed by atoms with Gasteiger partial charge in [0.25, 0.3) is 0 Å². The Morgan fingerprint density at radius 1 is 1.58 bits per heavy atom. The van der Waals surface area contributed by atoms with Crippen molar-refractivity contribution < 1.29 is 13.2 Å². The van der Waals surface area contributed by atoms with Crippen molar-refractivity contribution in [3.8, 4) is 12.3 Å². The molecule has 1 heterocycles. The summed E-state index contributed by atoms with van der Waals surface area (Å²) in [7, 11) is -3.01. The lowest BCUT2D eigenvalue weighted by molar-refractivity contribution is -0.131. The number of carbonyl (C=O) groups excluding carboxylic acids is 1. The number of nitrogens with one attached hydrogen (secondary N) is 1. The van der Waals surface area contributed by atoms with E-state index in [9.17, 15) is 13.2 Å². The molecule has 2 atom stereocenters. The topological polar surface area (TPSA) is 66.5 Å². The maximum atomic E-state index is 12.1. The van der Waals surface area contributed by atoms with E-state index in [1.165, 1.54) is 4.90 Å². The van der Waals surface area contributed by atoms with E-state index < -0.39 is 9.84 Å². The van der Waals surface area contributed by atoms with E-state index in [0.29, 0.717) is 6.42 Å². The molecule has 2 unspecified atom stereocenters. The van der Waals surface area contributed by atoms with E-state index in [2.05, 4.69) is 11.2 Å². The molecular weight excluding hydrogens is 264 g/mol. The third kappa shape index (κ3) is 4.84. The fraction of sp³-hybridized carbons (Fsp3) is 0.769. The molecule has 1 fully saturated rings.